The molecule has 374 valence electrons. The number of esters is 2. The summed E-state index contributed by atoms with van der Waals surface area (Å²) in [6, 6.07) is 0. The van der Waals surface area contributed by atoms with Gasteiger partial charge in [0, 0.05) is 12.8 Å². The Bertz CT molecular complexity index is 1230. The summed E-state index contributed by atoms with van der Waals surface area (Å²) >= 11 is 0. The van der Waals surface area contributed by atoms with Crippen LogP contribution in [0.15, 0.2) is 48.6 Å². The Morgan fingerprint density at radius 3 is 1.31 bits per heavy atom. The van der Waals surface area contributed by atoms with Crippen LogP contribution in [0.25, 0.3) is 0 Å². The molecule has 0 bridgehead atoms. The van der Waals surface area contributed by atoms with Crippen molar-refractivity contribution in [3.63, 3.8) is 0 Å². The van der Waals surface area contributed by atoms with Crippen molar-refractivity contribution in [2.45, 2.75) is 238 Å². The van der Waals surface area contributed by atoms with E-state index in [4.69, 9.17) is 18.5 Å². The highest BCUT2D eigenvalue weighted by atomic mass is 31.2. The van der Waals surface area contributed by atoms with Crippen LogP contribution in [-0.4, -0.2) is 70.0 Å². The predicted octanol–water partition coefficient (Wildman–Crippen LogP) is 15.2. The Kier molecular flexibility index (Phi) is 44.6. The van der Waals surface area contributed by atoms with Gasteiger partial charge in [-0.3, -0.25) is 14.2 Å². The number of nitrogens with zero attached hydrogens (tertiary/aromatic N) is 1. The van der Waals surface area contributed by atoms with E-state index in [-0.39, 0.29) is 32.0 Å². The Balaban J connectivity index is 4.22. The number of allylic oxidation sites excluding steroid dienone is 8. The molecular weight excluding hydrogens is 822 g/mol. The number of hydrogen-bond donors (Lipinski definition) is 0. The molecule has 0 aliphatic carbocycles. The molecule has 0 spiro atoms. The molecule has 2 atom stereocenters. The zero-order valence-corrected chi connectivity index (χ0v) is 43.1. The molecule has 0 amide bonds. The van der Waals surface area contributed by atoms with Gasteiger partial charge in [0.05, 0.1) is 27.7 Å². The molecule has 0 aliphatic heterocycles. The quantitative estimate of drug-likeness (QED) is 0.0195. The number of likely N-dealkylation sites (N-methyl/N-ethyl adjacent to an activating group) is 1. The van der Waals surface area contributed by atoms with Crippen LogP contribution in [0, 0.1) is 0 Å². The van der Waals surface area contributed by atoms with Crippen molar-refractivity contribution >= 4 is 19.8 Å². The molecular formula is C54H100NO8P. The normalized spacial score (nSPS) is 13.8. The fourth-order valence-electron chi connectivity index (χ4n) is 7.24. The van der Waals surface area contributed by atoms with E-state index in [2.05, 4.69) is 62.5 Å². The second-order valence-electron chi connectivity index (χ2n) is 18.9. The van der Waals surface area contributed by atoms with Crippen LogP contribution in [0.3, 0.4) is 0 Å². The number of unbranched alkanes of at least 4 members (excludes halogenated alkanes) is 26. The number of rotatable bonds is 48. The maximum absolute atomic E-state index is 12.7. The van der Waals surface area contributed by atoms with Crippen molar-refractivity contribution in [1.82, 2.24) is 0 Å². The summed E-state index contributed by atoms with van der Waals surface area (Å²) in [6.07, 6.45) is 55.8. The zero-order chi connectivity index (χ0) is 47.1. The minimum absolute atomic E-state index is 0.0375. The van der Waals surface area contributed by atoms with Crippen molar-refractivity contribution in [3.8, 4) is 0 Å². The van der Waals surface area contributed by atoms with Gasteiger partial charge in [0.15, 0.2) is 6.10 Å². The third-order valence-corrected chi connectivity index (χ3v) is 12.3. The fourth-order valence-corrected chi connectivity index (χ4v) is 7.96. The second kappa shape index (κ2) is 46.1. The summed E-state index contributed by atoms with van der Waals surface area (Å²) in [5.41, 5.74) is 0. The third kappa shape index (κ3) is 49.4. The Morgan fingerprint density at radius 2 is 0.875 bits per heavy atom. The van der Waals surface area contributed by atoms with Crippen molar-refractivity contribution in [1.29, 1.82) is 0 Å². The number of ether oxygens (including phenoxy) is 2. The summed E-state index contributed by atoms with van der Waals surface area (Å²) in [6.45, 7) is 4.15. The first kappa shape index (κ1) is 62.0. The van der Waals surface area contributed by atoms with Crippen LogP contribution in [-0.2, 0) is 32.7 Å². The van der Waals surface area contributed by atoms with Crippen LogP contribution in [0.1, 0.15) is 232 Å². The molecule has 0 aliphatic rings. The monoisotopic (exact) mass is 922 g/mol. The first-order valence-corrected chi connectivity index (χ1v) is 27.8. The number of phosphoric ester groups is 1. The van der Waals surface area contributed by atoms with Gasteiger partial charge in [0.1, 0.15) is 19.8 Å². The molecule has 0 rings (SSSR count). The first-order valence-electron chi connectivity index (χ1n) is 26.3. The Labute approximate surface area is 394 Å². The van der Waals surface area contributed by atoms with E-state index in [1.54, 1.807) is 0 Å². The molecule has 0 saturated carbocycles. The summed E-state index contributed by atoms with van der Waals surface area (Å²) in [7, 11) is 1.15. The number of phosphoric acid groups is 1. The van der Waals surface area contributed by atoms with E-state index in [9.17, 15) is 19.0 Å². The molecule has 0 aromatic carbocycles. The van der Waals surface area contributed by atoms with Gasteiger partial charge in [-0.05, 0) is 51.4 Å². The minimum atomic E-state index is -4.64. The van der Waals surface area contributed by atoms with Crippen LogP contribution < -0.4 is 4.89 Å². The molecule has 0 heterocycles. The highest BCUT2D eigenvalue weighted by Gasteiger charge is 2.21. The number of quaternary nitrogens is 1. The maximum atomic E-state index is 12.7. The molecule has 0 aromatic heterocycles. The molecule has 0 radical (unpaired) electrons. The predicted molar refractivity (Wildman–Crippen MR) is 268 cm³/mol. The lowest BCUT2D eigenvalue weighted by Crippen LogP contribution is -2.37. The van der Waals surface area contributed by atoms with E-state index in [1.165, 1.54) is 135 Å². The first-order chi connectivity index (χ1) is 31.0. The lowest BCUT2D eigenvalue weighted by Gasteiger charge is -2.28. The zero-order valence-electron chi connectivity index (χ0n) is 42.2. The van der Waals surface area contributed by atoms with Crippen LogP contribution in [0.2, 0.25) is 0 Å². The van der Waals surface area contributed by atoms with Crippen LogP contribution in [0.4, 0.5) is 0 Å². The molecule has 0 fully saturated rings. The minimum Gasteiger partial charge on any atom is -0.756 e. The number of hydrogen-bond acceptors (Lipinski definition) is 8. The lowest BCUT2D eigenvalue weighted by atomic mass is 10.0. The standard InChI is InChI=1S/C54H100NO8P/c1-6-8-10-12-14-16-18-20-22-24-25-26-27-28-29-31-32-34-36-38-40-42-44-46-53(56)60-50-52(51-62-64(58,59)61-49-48-55(3,4)5)63-54(57)47-45-43-41-39-37-35-33-30-23-21-19-17-15-13-11-9-7-2/h11,13,17,19,23,30,35,37,52H,6-10,12,14-16,18,20-22,24-29,31-34,36,38-51H2,1-5H3/b13-11+,19-17+,30-23+,37-35+/t52-/m0/s1. The molecule has 10 heteroatoms. The van der Waals surface area contributed by atoms with E-state index in [0.29, 0.717) is 17.4 Å². The van der Waals surface area contributed by atoms with Gasteiger partial charge in [-0.15, -0.1) is 0 Å². The smallest absolute Gasteiger partial charge is 0.306 e. The van der Waals surface area contributed by atoms with Crippen LogP contribution in [0.5, 0.6) is 0 Å². The summed E-state index contributed by atoms with van der Waals surface area (Å²) in [5.74, 6) is -0.863. The Hall–Kier alpha value is -2.03. The highest BCUT2D eigenvalue weighted by Crippen LogP contribution is 2.38. The average Bonchev–Trinajstić information content (AvgIpc) is 3.25. The summed E-state index contributed by atoms with van der Waals surface area (Å²) in [4.78, 5) is 37.7. The number of carbonyl (C=O) groups is 2. The molecule has 0 N–H and O–H groups in total. The van der Waals surface area contributed by atoms with Gasteiger partial charge in [-0.25, -0.2) is 0 Å². The van der Waals surface area contributed by atoms with Gasteiger partial charge >= 0.3 is 11.9 Å². The summed E-state index contributed by atoms with van der Waals surface area (Å²) in [5, 5.41) is 0. The third-order valence-electron chi connectivity index (χ3n) is 11.3. The van der Waals surface area contributed by atoms with Crippen molar-refractivity contribution in [2.75, 3.05) is 47.5 Å². The van der Waals surface area contributed by atoms with Crippen LogP contribution >= 0.6 is 7.82 Å². The molecule has 64 heavy (non-hydrogen) atoms. The van der Waals surface area contributed by atoms with Gasteiger partial charge in [0.25, 0.3) is 7.82 Å². The van der Waals surface area contributed by atoms with Gasteiger partial charge in [0.2, 0.25) is 0 Å². The van der Waals surface area contributed by atoms with Gasteiger partial charge in [-0.2, -0.15) is 0 Å². The number of carbonyl (C=O) groups excluding carboxylic acids is 2. The van der Waals surface area contributed by atoms with Gasteiger partial charge < -0.3 is 27.9 Å². The fraction of sp³-hybridized carbons (Fsp3) is 0.815. The van der Waals surface area contributed by atoms with Crippen molar-refractivity contribution in [2.24, 2.45) is 0 Å². The van der Waals surface area contributed by atoms with E-state index < -0.39 is 26.5 Å². The summed E-state index contributed by atoms with van der Waals surface area (Å²) < 4.78 is 34.0. The van der Waals surface area contributed by atoms with Crippen molar-refractivity contribution in [3.05, 3.63) is 48.6 Å². The molecule has 0 saturated heterocycles. The van der Waals surface area contributed by atoms with Gasteiger partial charge in [-0.1, -0.05) is 217 Å². The molecule has 0 aromatic rings. The average molecular weight is 922 g/mol. The topological polar surface area (TPSA) is 111 Å². The molecule has 1 unspecified atom stereocenters. The highest BCUT2D eigenvalue weighted by molar-refractivity contribution is 7.45. The lowest BCUT2D eigenvalue weighted by molar-refractivity contribution is -0.870. The van der Waals surface area contributed by atoms with Crippen molar-refractivity contribution < 1.29 is 42.1 Å². The SMILES string of the molecule is CCC/C=C/C/C=C/C/C=C/C/C=C/CCCCCC(=O)O[C@@H](COC(=O)CCCCCCCCCCCCCCCCCCCCCCCCC)COP(=O)([O-])OCC[N+](C)(C)C. The largest absolute Gasteiger partial charge is 0.756 e. The van der Waals surface area contributed by atoms with E-state index >= 15 is 0 Å². The molecule has 9 nitrogen and oxygen atoms in total. The maximum Gasteiger partial charge on any atom is 0.306 e. The second-order valence-corrected chi connectivity index (χ2v) is 20.3. The van der Waals surface area contributed by atoms with E-state index in [0.717, 1.165) is 64.2 Å². The Morgan fingerprint density at radius 1 is 0.484 bits per heavy atom. The van der Waals surface area contributed by atoms with E-state index in [1.807, 2.05) is 21.1 Å².